The Morgan fingerprint density at radius 2 is 1.95 bits per heavy atom. The number of hydrogen-bond acceptors (Lipinski definition) is 3. The van der Waals surface area contributed by atoms with Gasteiger partial charge in [0.1, 0.15) is 11.5 Å². The van der Waals surface area contributed by atoms with E-state index in [1.54, 1.807) is 13.4 Å². The molecule has 0 fully saturated rings. The second-order valence-electron chi connectivity index (χ2n) is 4.55. The van der Waals surface area contributed by atoms with Crippen LogP contribution in [0.25, 0.3) is 0 Å². The highest BCUT2D eigenvalue weighted by atomic mass is 16.5. The number of aryl methyl sites for hydroxylation is 1. The zero-order chi connectivity index (χ0) is 13.7. The largest absolute Gasteiger partial charge is 0.497 e. The molecule has 1 aromatic heterocycles. The van der Waals surface area contributed by atoms with Crippen molar-refractivity contribution >= 4 is 0 Å². The fraction of sp³-hybridized carbons (Fsp3) is 0.375. The maximum atomic E-state index is 5.51. The first kappa shape index (κ1) is 13.7. The lowest BCUT2D eigenvalue weighted by Crippen LogP contribution is -2.19. The summed E-state index contributed by atoms with van der Waals surface area (Å²) in [6, 6.07) is 10.5. The van der Waals surface area contributed by atoms with E-state index in [0.29, 0.717) is 0 Å². The van der Waals surface area contributed by atoms with E-state index in [0.717, 1.165) is 24.4 Å². The molecule has 102 valence electrons. The number of methoxy groups -OCH3 is 1. The van der Waals surface area contributed by atoms with Crippen molar-refractivity contribution in [3.63, 3.8) is 0 Å². The first-order valence-corrected chi connectivity index (χ1v) is 6.65. The van der Waals surface area contributed by atoms with Crippen LogP contribution in [0.5, 0.6) is 5.75 Å². The maximum absolute atomic E-state index is 5.51. The minimum atomic E-state index is 0.280. The van der Waals surface area contributed by atoms with Gasteiger partial charge in [-0.25, -0.2) is 0 Å². The Kier molecular flexibility index (Phi) is 4.63. The molecule has 1 heterocycles. The second-order valence-corrected chi connectivity index (χ2v) is 4.55. The fourth-order valence-electron chi connectivity index (χ4n) is 2.31. The zero-order valence-corrected chi connectivity index (χ0v) is 11.8. The van der Waals surface area contributed by atoms with Gasteiger partial charge in [-0.3, -0.25) is 0 Å². The van der Waals surface area contributed by atoms with Gasteiger partial charge in [0.2, 0.25) is 0 Å². The van der Waals surface area contributed by atoms with Gasteiger partial charge in [-0.15, -0.1) is 0 Å². The summed E-state index contributed by atoms with van der Waals surface area (Å²) in [6.07, 6.45) is 3.63. The molecule has 1 aromatic carbocycles. The standard InChI is InChI=1S/C16H21NO2/c1-4-16-14(9-10-19-16)15(17-2)11-12-5-7-13(18-3)8-6-12/h5-10,15,17H,4,11H2,1-3H3. The molecule has 0 amide bonds. The molecule has 0 bridgehead atoms. The molecule has 0 saturated carbocycles. The normalized spacial score (nSPS) is 12.4. The Balaban J connectivity index is 2.14. The quantitative estimate of drug-likeness (QED) is 0.864. The molecule has 3 nitrogen and oxygen atoms in total. The van der Waals surface area contributed by atoms with Crippen LogP contribution in [0.3, 0.4) is 0 Å². The molecule has 0 radical (unpaired) electrons. The van der Waals surface area contributed by atoms with Crippen LogP contribution in [0.4, 0.5) is 0 Å². The molecule has 0 aliphatic carbocycles. The molecule has 2 rings (SSSR count). The van der Waals surface area contributed by atoms with Gasteiger partial charge in [-0.05, 0) is 37.2 Å². The van der Waals surface area contributed by atoms with E-state index in [-0.39, 0.29) is 6.04 Å². The Bertz CT molecular complexity index is 502. The summed E-state index contributed by atoms with van der Waals surface area (Å²) in [5.41, 5.74) is 2.53. The lowest BCUT2D eigenvalue weighted by atomic mass is 9.98. The number of benzene rings is 1. The van der Waals surface area contributed by atoms with E-state index in [1.165, 1.54) is 11.1 Å². The van der Waals surface area contributed by atoms with E-state index in [4.69, 9.17) is 9.15 Å². The number of likely N-dealkylation sites (N-methyl/N-ethyl adjacent to an activating group) is 1. The highest BCUT2D eigenvalue weighted by molar-refractivity contribution is 5.30. The van der Waals surface area contributed by atoms with E-state index in [9.17, 15) is 0 Å². The first-order valence-electron chi connectivity index (χ1n) is 6.65. The van der Waals surface area contributed by atoms with Crippen LogP contribution in [0.15, 0.2) is 41.0 Å². The summed E-state index contributed by atoms with van der Waals surface area (Å²) in [5, 5.41) is 3.37. The van der Waals surface area contributed by atoms with Crippen LogP contribution in [-0.2, 0) is 12.8 Å². The molecule has 1 unspecified atom stereocenters. The van der Waals surface area contributed by atoms with E-state index < -0.39 is 0 Å². The van der Waals surface area contributed by atoms with E-state index in [2.05, 4.69) is 30.4 Å². The topological polar surface area (TPSA) is 34.4 Å². The predicted molar refractivity (Wildman–Crippen MR) is 76.6 cm³/mol. The molecule has 3 heteroatoms. The van der Waals surface area contributed by atoms with Crippen LogP contribution in [0, 0.1) is 0 Å². The third kappa shape index (κ3) is 3.18. The second kappa shape index (κ2) is 6.43. The monoisotopic (exact) mass is 259 g/mol. The van der Waals surface area contributed by atoms with Crippen molar-refractivity contribution in [3.8, 4) is 5.75 Å². The molecule has 1 N–H and O–H groups in total. The van der Waals surface area contributed by atoms with Gasteiger partial charge in [-0.1, -0.05) is 19.1 Å². The van der Waals surface area contributed by atoms with Crippen molar-refractivity contribution in [2.75, 3.05) is 14.2 Å². The van der Waals surface area contributed by atoms with Crippen LogP contribution < -0.4 is 10.1 Å². The summed E-state index contributed by atoms with van der Waals surface area (Å²) in [6.45, 7) is 2.11. The molecule has 0 saturated heterocycles. The number of hydrogen-bond donors (Lipinski definition) is 1. The Morgan fingerprint density at radius 3 is 2.53 bits per heavy atom. The Labute approximate surface area is 114 Å². The molecule has 2 aromatic rings. The smallest absolute Gasteiger partial charge is 0.118 e. The average molecular weight is 259 g/mol. The maximum Gasteiger partial charge on any atom is 0.118 e. The molecule has 1 atom stereocenters. The molecular formula is C16H21NO2. The SMILES string of the molecule is CCc1occc1C(Cc1ccc(OC)cc1)NC. The van der Waals surface area contributed by atoms with Gasteiger partial charge in [0.05, 0.1) is 13.4 Å². The van der Waals surface area contributed by atoms with Crippen molar-refractivity contribution < 1.29 is 9.15 Å². The average Bonchev–Trinajstić information content (AvgIpc) is 2.93. The summed E-state index contributed by atoms with van der Waals surface area (Å²) in [7, 11) is 3.67. The molecular weight excluding hydrogens is 238 g/mol. The highest BCUT2D eigenvalue weighted by Gasteiger charge is 2.15. The van der Waals surface area contributed by atoms with Crippen LogP contribution in [0.1, 0.15) is 29.9 Å². The number of nitrogens with one attached hydrogen (secondary N) is 1. The number of rotatable bonds is 6. The minimum absolute atomic E-state index is 0.280. The van der Waals surface area contributed by atoms with Crippen molar-refractivity contribution in [2.45, 2.75) is 25.8 Å². The molecule has 0 aliphatic rings. The zero-order valence-electron chi connectivity index (χ0n) is 11.8. The lowest BCUT2D eigenvalue weighted by Gasteiger charge is -2.16. The van der Waals surface area contributed by atoms with Crippen molar-refractivity contribution in [3.05, 3.63) is 53.5 Å². The summed E-state index contributed by atoms with van der Waals surface area (Å²) < 4.78 is 10.7. The minimum Gasteiger partial charge on any atom is -0.497 e. The summed E-state index contributed by atoms with van der Waals surface area (Å²) in [5.74, 6) is 1.95. The van der Waals surface area contributed by atoms with Crippen LogP contribution >= 0.6 is 0 Å². The Hall–Kier alpha value is -1.74. The predicted octanol–water partition coefficient (Wildman–Crippen LogP) is 3.35. The molecule has 0 aliphatic heterocycles. The molecule has 0 spiro atoms. The van der Waals surface area contributed by atoms with Crippen LogP contribution in [0.2, 0.25) is 0 Å². The first-order chi connectivity index (χ1) is 9.28. The summed E-state index contributed by atoms with van der Waals surface area (Å²) >= 11 is 0. The van der Waals surface area contributed by atoms with Gasteiger partial charge >= 0.3 is 0 Å². The third-order valence-electron chi connectivity index (χ3n) is 3.42. The number of furan rings is 1. The summed E-state index contributed by atoms with van der Waals surface area (Å²) in [4.78, 5) is 0. The fourth-order valence-corrected chi connectivity index (χ4v) is 2.31. The van der Waals surface area contributed by atoms with Crippen molar-refractivity contribution in [1.29, 1.82) is 0 Å². The number of ether oxygens (including phenoxy) is 1. The van der Waals surface area contributed by atoms with Crippen molar-refractivity contribution in [2.24, 2.45) is 0 Å². The van der Waals surface area contributed by atoms with Gasteiger partial charge < -0.3 is 14.5 Å². The van der Waals surface area contributed by atoms with Crippen molar-refractivity contribution in [1.82, 2.24) is 5.32 Å². The molecule has 19 heavy (non-hydrogen) atoms. The lowest BCUT2D eigenvalue weighted by molar-refractivity contribution is 0.414. The highest BCUT2D eigenvalue weighted by Crippen LogP contribution is 2.24. The van der Waals surface area contributed by atoms with Crippen LogP contribution in [-0.4, -0.2) is 14.2 Å². The van der Waals surface area contributed by atoms with E-state index >= 15 is 0 Å². The van der Waals surface area contributed by atoms with Gasteiger partial charge in [0.15, 0.2) is 0 Å². The van der Waals surface area contributed by atoms with Gasteiger partial charge in [0.25, 0.3) is 0 Å². The Morgan fingerprint density at radius 1 is 1.21 bits per heavy atom. The third-order valence-corrected chi connectivity index (χ3v) is 3.42. The van der Waals surface area contributed by atoms with E-state index in [1.807, 2.05) is 19.2 Å². The van der Waals surface area contributed by atoms with Gasteiger partial charge in [-0.2, -0.15) is 0 Å². The van der Waals surface area contributed by atoms with Gasteiger partial charge in [0, 0.05) is 18.0 Å².